The summed E-state index contributed by atoms with van der Waals surface area (Å²) in [5.41, 5.74) is 0.933. The van der Waals surface area contributed by atoms with Crippen LogP contribution in [0, 0.1) is 5.92 Å². The second kappa shape index (κ2) is 5.48. The van der Waals surface area contributed by atoms with Gasteiger partial charge < -0.3 is 0 Å². The SMILES string of the molecule is CCC(C)C(=O)Cc1ccn(C2CCCC2)n1. The van der Waals surface area contributed by atoms with Crippen molar-refractivity contribution in [3.63, 3.8) is 0 Å². The summed E-state index contributed by atoms with van der Waals surface area (Å²) in [6, 6.07) is 2.57. The van der Waals surface area contributed by atoms with E-state index in [-0.39, 0.29) is 5.92 Å². The molecule has 3 heteroatoms. The Morgan fingerprint density at radius 2 is 2.24 bits per heavy atom. The summed E-state index contributed by atoms with van der Waals surface area (Å²) in [7, 11) is 0. The number of ketones is 1. The van der Waals surface area contributed by atoms with E-state index in [4.69, 9.17) is 0 Å². The second-order valence-corrected chi connectivity index (χ2v) is 5.18. The van der Waals surface area contributed by atoms with Crippen LogP contribution in [0.2, 0.25) is 0 Å². The van der Waals surface area contributed by atoms with Gasteiger partial charge in [0.05, 0.1) is 18.2 Å². The van der Waals surface area contributed by atoms with E-state index in [9.17, 15) is 4.79 Å². The van der Waals surface area contributed by atoms with Crippen LogP contribution in [0.3, 0.4) is 0 Å². The highest BCUT2D eigenvalue weighted by Gasteiger charge is 2.18. The number of hydrogen-bond acceptors (Lipinski definition) is 2. The molecule has 17 heavy (non-hydrogen) atoms. The molecule has 1 unspecified atom stereocenters. The van der Waals surface area contributed by atoms with Crippen molar-refractivity contribution in [2.24, 2.45) is 5.92 Å². The summed E-state index contributed by atoms with van der Waals surface area (Å²) in [6.07, 6.45) is 8.55. The molecule has 1 aromatic rings. The summed E-state index contributed by atoms with van der Waals surface area (Å²) in [5, 5.41) is 4.54. The van der Waals surface area contributed by atoms with Crippen LogP contribution in [0.25, 0.3) is 0 Å². The summed E-state index contributed by atoms with van der Waals surface area (Å²) in [4.78, 5) is 11.8. The number of Topliss-reactive ketones (excluding diaryl/α,β-unsaturated/α-hetero) is 1. The summed E-state index contributed by atoms with van der Waals surface area (Å²) < 4.78 is 2.06. The van der Waals surface area contributed by atoms with E-state index in [0.717, 1.165) is 12.1 Å². The van der Waals surface area contributed by atoms with Crippen molar-refractivity contribution in [3.05, 3.63) is 18.0 Å². The van der Waals surface area contributed by atoms with Crippen LogP contribution in [0.1, 0.15) is 57.7 Å². The van der Waals surface area contributed by atoms with Crippen LogP contribution in [0.15, 0.2) is 12.3 Å². The normalized spacial score (nSPS) is 18.5. The fourth-order valence-electron chi connectivity index (χ4n) is 2.42. The van der Waals surface area contributed by atoms with Gasteiger partial charge in [0.2, 0.25) is 0 Å². The van der Waals surface area contributed by atoms with E-state index < -0.39 is 0 Å². The molecule has 0 aliphatic heterocycles. The molecule has 0 N–H and O–H groups in total. The Morgan fingerprint density at radius 1 is 1.53 bits per heavy atom. The molecule has 3 nitrogen and oxygen atoms in total. The van der Waals surface area contributed by atoms with Crippen molar-refractivity contribution in [2.75, 3.05) is 0 Å². The number of carbonyl (C=O) groups excluding carboxylic acids is 1. The Balaban J connectivity index is 1.96. The van der Waals surface area contributed by atoms with E-state index in [0.29, 0.717) is 18.2 Å². The van der Waals surface area contributed by atoms with Gasteiger partial charge in [-0.2, -0.15) is 5.10 Å². The maximum Gasteiger partial charge on any atom is 0.141 e. The molecule has 1 aliphatic carbocycles. The fraction of sp³-hybridized carbons (Fsp3) is 0.714. The van der Waals surface area contributed by atoms with Gasteiger partial charge in [-0.05, 0) is 25.3 Å². The summed E-state index contributed by atoms with van der Waals surface area (Å²) in [6.45, 7) is 4.05. The van der Waals surface area contributed by atoms with Crippen molar-refractivity contribution in [3.8, 4) is 0 Å². The molecule has 0 radical (unpaired) electrons. The van der Waals surface area contributed by atoms with E-state index in [1.807, 2.05) is 19.2 Å². The quantitative estimate of drug-likeness (QED) is 0.784. The van der Waals surface area contributed by atoms with E-state index >= 15 is 0 Å². The van der Waals surface area contributed by atoms with Crippen LogP contribution < -0.4 is 0 Å². The third kappa shape index (κ3) is 2.96. The minimum absolute atomic E-state index is 0.159. The van der Waals surface area contributed by atoms with Gasteiger partial charge in [-0.3, -0.25) is 9.48 Å². The minimum atomic E-state index is 0.159. The molecule has 1 atom stereocenters. The Labute approximate surface area is 103 Å². The third-order valence-electron chi connectivity index (χ3n) is 3.88. The van der Waals surface area contributed by atoms with Gasteiger partial charge in [0.15, 0.2) is 0 Å². The number of aromatic nitrogens is 2. The summed E-state index contributed by atoms with van der Waals surface area (Å²) >= 11 is 0. The zero-order valence-corrected chi connectivity index (χ0v) is 10.9. The van der Waals surface area contributed by atoms with Crippen molar-refractivity contribution < 1.29 is 4.79 Å². The van der Waals surface area contributed by atoms with Crippen LogP contribution in [-0.2, 0) is 11.2 Å². The highest BCUT2D eigenvalue weighted by atomic mass is 16.1. The predicted molar refractivity (Wildman–Crippen MR) is 67.9 cm³/mol. The largest absolute Gasteiger partial charge is 0.299 e. The molecule has 94 valence electrons. The molecule has 1 aromatic heterocycles. The standard InChI is InChI=1S/C14H22N2O/c1-3-11(2)14(17)10-12-8-9-16(15-12)13-6-4-5-7-13/h8-9,11,13H,3-7,10H2,1-2H3. The molecule has 1 heterocycles. The van der Waals surface area contributed by atoms with Gasteiger partial charge in [0.1, 0.15) is 5.78 Å². The Morgan fingerprint density at radius 3 is 2.88 bits per heavy atom. The lowest BCUT2D eigenvalue weighted by molar-refractivity contribution is -0.121. The van der Waals surface area contributed by atoms with Crippen LogP contribution in [0.4, 0.5) is 0 Å². The van der Waals surface area contributed by atoms with Crippen LogP contribution in [0.5, 0.6) is 0 Å². The molecule has 0 amide bonds. The second-order valence-electron chi connectivity index (χ2n) is 5.18. The van der Waals surface area contributed by atoms with Gasteiger partial charge in [0.25, 0.3) is 0 Å². The van der Waals surface area contributed by atoms with Crippen LogP contribution in [-0.4, -0.2) is 15.6 Å². The van der Waals surface area contributed by atoms with E-state index in [2.05, 4.69) is 16.7 Å². The molecule has 0 saturated heterocycles. The number of carbonyl (C=O) groups is 1. The van der Waals surface area contributed by atoms with Gasteiger partial charge in [-0.15, -0.1) is 0 Å². The monoisotopic (exact) mass is 234 g/mol. The number of nitrogens with zero attached hydrogens (tertiary/aromatic N) is 2. The van der Waals surface area contributed by atoms with Gasteiger partial charge in [0, 0.05) is 12.1 Å². The zero-order chi connectivity index (χ0) is 12.3. The smallest absolute Gasteiger partial charge is 0.141 e. The maximum absolute atomic E-state index is 11.8. The molecule has 0 spiro atoms. The van der Waals surface area contributed by atoms with E-state index in [1.54, 1.807) is 0 Å². The average molecular weight is 234 g/mol. The third-order valence-corrected chi connectivity index (χ3v) is 3.88. The highest BCUT2D eigenvalue weighted by molar-refractivity contribution is 5.82. The lowest BCUT2D eigenvalue weighted by Gasteiger charge is -2.09. The van der Waals surface area contributed by atoms with Gasteiger partial charge in [-0.25, -0.2) is 0 Å². The first-order valence-electron chi connectivity index (χ1n) is 6.77. The Bertz CT molecular complexity index is 377. The fourth-order valence-corrected chi connectivity index (χ4v) is 2.42. The molecule has 0 aromatic carbocycles. The first-order valence-corrected chi connectivity index (χ1v) is 6.77. The highest BCUT2D eigenvalue weighted by Crippen LogP contribution is 2.28. The lowest BCUT2D eigenvalue weighted by atomic mass is 10.0. The molecular formula is C14H22N2O. The first-order chi connectivity index (χ1) is 8.20. The predicted octanol–water partition coefficient (Wildman–Crippen LogP) is 3.16. The maximum atomic E-state index is 11.8. The molecule has 2 rings (SSSR count). The topological polar surface area (TPSA) is 34.9 Å². The van der Waals surface area contributed by atoms with Crippen LogP contribution >= 0.6 is 0 Å². The molecule has 1 aliphatic rings. The van der Waals surface area contributed by atoms with E-state index in [1.165, 1.54) is 25.7 Å². The van der Waals surface area contributed by atoms with Gasteiger partial charge in [-0.1, -0.05) is 26.7 Å². The summed E-state index contributed by atoms with van der Waals surface area (Å²) in [5.74, 6) is 0.468. The van der Waals surface area contributed by atoms with Crippen molar-refractivity contribution in [1.29, 1.82) is 0 Å². The van der Waals surface area contributed by atoms with Crippen molar-refractivity contribution in [1.82, 2.24) is 9.78 Å². The molecule has 1 fully saturated rings. The Hall–Kier alpha value is -1.12. The average Bonchev–Trinajstić information content (AvgIpc) is 2.97. The number of hydrogen-bond donors (Lipinski definition) is 0. The van der Waals surface area contributed by atoms with Crippen molar-refractivity contribution in [2.45, 2.75) is 58.4 Å². The lowest BCUT2D eigenvalue weighted by Crippen LogP contribution is -2.13. The Kier molecular flexibility index (Phi) is 3.97. The minimum Gasteiger partial charge on any atom is -0.299 e. The van der Waals surface area contributed by atoms with Crippen molar-refractivity contribution >= 4 is 5.78 Å². The molecule has 1 saturated carbocycles. The molecule has 0 bridgehead atoms. The number of rotatable bonds is 5. The van der Waals surface area contributed by atoms with Gasteiger partial charge >= 0.3 is 0 Å². The molecular weight excluding hydrogens is 212 g/mol. The first kappa shape index (κ1) is 12.3. The zero-order valence-electron chi connectivity index (χ0n) is 10.9.